The zero-order chi connectivity index (χ0) is 15.0. The van der Waals surface area contributed by atoms with Crippen LogP contribution in [-0.2, 0) is 20.0 Å². The fraction of sp³-hybridized carbons (Fsp3) is 0.250. The maximum absolute atomic E-state index is 11.3. The van der Waals surface area contributed by atoms with E-state index < -0.39 is 0 Å². The van der Waals surface area contributed by atoms with Gasteiger partial charge in [0, 0.05) is 24.2 Å². The van der Waals surface area contributed by atoms with Gasteiger partial charge in [0.15, 0.2) is 6.29 Å². The lowest BCUT2D eigenvalue weighted by atomic mass is 10.1. The van der Waals surface area contributed by atoms with E-state index in [1.54, 1.807) is 0 Å². The first kappa shape index (κ1) is 14.1. The van der Waals surface area contributed by atoms with E-state index in [1.165, 1.54) is 0 Å². The Balaban J connectivity index is 2.11. The second kappa shape index (κ2) is 5.48. The number of hydrogen-bond donors (Lipinski definition) is 0. The first-order chi connectivity index (χ1) is 10.2. The number of hydrogen-bond acceptors (Lipinski definition) is 2. The van der Waals surface area contributed by atoms with Crippen molar-refractivity contribution in [1.82, 2.24) is 14.3 Å². The van der Waals surface area contributed by atoms with Gasteiger partial charge in [-0.15, -0.1) is 0 Å². The van der Waals surface area contributed by atoms with Crippen molar-refractivity contribution < 1.29 is 4.79 Å². The van der Waals surface area contributed by atoms with Gasteiger partial charge < -0.3 is 4.57 Å². The molecule has 3 aromatic rings. The minimum Gasteiger partial charge on any atom is -0.341 e. The molecule has 2 heterocycles. The van der Waals surface area contributed by atoms with E-state index in [0.29, 0.717) is 12.1 Å². The van der Waals surface area contributed by atoms with Crippen molar-refractivity contribution in [3.8, 4) is 0 Å². The van der Waals surface area contributed by atoms with E-state index in [2.05, 4.69) is 32.5 Å². The van der Waals surface area contributed by atoms with Crippen LogP contribution in [0.15, 0.2) is 34.9 Å². The van der Waals surface area contributed by atoms with E-state index in [4.69, 9.17) is 0 Å². The van der Waals surface area contributed by atoms with Crippen LogP contribution < -0.4 is 0 Å². The Kier molecular flexibility index (Phi) is 3.68. The normalized spacial score (nSPS) is 11.2. The molecule has 0 unspecified atom stereocenters. The number of aryl methyl sites for hydroxylation is 2. The molecule has 0 N–H and O–H groups in total. The number of para-hydroxylation sites is 1. The predicted molar refractivity (Wildman–Crippen MR) is 86.7 cm³/mol. The first-order valence-electron chi connectivity index (χ1n) is 6.89. The predicted octanol–water partition coefficient (Wildman–Crippen LogP) is 3.56. The summed E-state index contributed by atoms with van der Waals surface area (Å²) in [6.07, 6.45) is 3.82. The summed E-state index contributed by atoms with van der Waals surface area (Å²) < 4.78 is 5.05. The molecule has 0 fully saturated rings. The monoisotopic (exact) mass is 345 g/mol. The summed E-state index contributed by atoms with van der Waals surface area (Å²) in [5.41, 5.74) is 3.84. The third-order valence-electron chi connectivity index (χ3n) is 3.77. The third kappa shape index (κ3) is 2.31. The van der Waals surface area contributed by atoms with E-state index in [-0.39, 0.29) is 0 Å². The van der Waals surface area contributed by atoms with Gasteiger partial charge in [-0.1, -0.05) is 19.1 Å². The fourth-order valence-corrected chi connectivity index (χ4v) is 3.41. The van der Waals surface area contributed by atoms with Crippen LogP contribution >= 0.6 is 15.9 Å². The summed E-state index contributed by atoms with van der Waals surface area (Å²) in [5, 5.41) is 5.60. The van der Waals surface area contributed by atoms with Gasteiger partial charge in [0.25, 0.3) is 0 Å². The molecule has 0 atom stereocenters. The van der Waals surface area contributed by atoms with E-state index in [9.17, 15) is 4.79 Å². The molecule has 0 saturated carbocycles. The number of carbonyl (C=O) groups excluding carboxylic acids is 1. The van der Waals surface area contributed by atoms with Crippen LogP contribution in [0.1, 0.15) is 28.7 Å². The average Bonchev–Trinajstić information content (AvgIpc) is 3.03. The Hall–Kier alpha value is -1.88. The quantitative estimate of drug-likeness (QED) is 0.678. The van der Waals surface area contributed by atoms with Gasteiger partial charge in [-0.2, -0.15) is 5.10 Å². The standard InChI is InChI=1S/C16H16BrN3O/c1-3-13-15(17)14(19(2)18-13)9-20-8-7-11-5-4-6-12(10-21)16(11)20/h4-8,10H,3,9H2,1-2H3. The molecule has 108 valence electrons. The lowest BCUT2D eigenvalue weighted by Gasteiger charge is -2.08. The van der Waals surface area contributed by atoms with Gasteiger partial charge in [0.1, 0.15) is 0 Å². The Morgan fingerprint density at radius 1 is 1.33 bits per heavy atom. The number of halogens is 1. The van der Waals surface area contributed by atoms with Gasteiger partial charge in [0.05, 0.1) is 27.9 Å². The summed E-state index contributed by atoms with van der Waals surface area (Å²) in [6, 6.07) is 7.81. The van der Waals surface area contributed by atoms with Crippen molar-refractivity contribution in [2.24, 2.45) is 7.05 Å². The SMILES string of the molecule is CCc1nn(C)c(Cn2ccc3cccc(C=O)c32)c1Br. The molecule has 0 amide bonds. The van der Waals surface area contributed by atoms with Crippen molar-refractivity contribution in [1.29, 1.82) is 0 Å². The minimum atomic E-state index is 0.679. The second-order valence-electron chi connectivity index (χ2n) is 5.03. The number of carbonyl (C=O) groups is 1. The van der Waals surface area contributed by atoms with Crippen LogP contribution in [0.2, 0.25) is 0 Å². The molecule has 0 radical (unpaired) electrons. The smallest absolute Gasteiger partial charge is 0.152 e. The highest BCUT2D eigenvalue weighted by atomic mass is 79.9. The maximum atomic E-state index is 11.3. The van der Waals surface area contributed by atoms with E-state index >= 15 is 0 Å². The van der Waals surface area contributed by atoms with E-state index in [0.717, 1.165) is 39.5 Å². The Morgan fingerprint density at radius 2 is 2.14 bits per heavy atom. The highest BCUT2D eigenvalue weighted by molar-refractivity contribution is 9.10. The lowest BCUT2D eigenvalue weighted by Crippen LogP contribution is -2.06. The molecule has 0 aliphatic heterocycles. The van der Waals surface area contributed by atoms with Crippen molar-refractivity contribution in [3.63, 3.8) is 0 Å². The molecule has 3 rings (SSSR count). The highest BCUT2D eigenvalue weighted by Crippen LogP contribution is 2.25. The number of fused-ring (bicyclic) bond motifs is 1. The molecule has 2 aromatic heterocycles. The van der Waals surface area contributed by atoms with E-state index in [1.807, 2.05) is 42.2 Å². The number of nitrogens with zero attached hydrogens (tertiary/aromatic N) is 3. The number of aldehydes is 1. The Morgan fingerprint density at radius 3 is 2.81 bits per heavy atom. The summed E-state index contributed by atoms with van der Waals surface area (Å²) >= 11 is 3.64. The molecule has 0 aliphatic rings. The van der Waals surface area contributed by atoms with Crippen LogP contribution in [-0.4, -0.2) is 20.6 Å². The first-order valence-corrected chi connectivity index (χ1v) is 7.68. The van der Waals surface area contributed by atoms with Crippen LogP contribution in [0.3, 0.4) is 0 Å². The third-order valence-corrected chi connectivity index (χ3v) is 4.69. The van der Waals surface area contributed by atoms with Crippen LogP contribution in [0.4, 0.5) is 0 Å². The molecule has 21 heavy (non-hydrogen) atoms. The zero-order valence-electron chi connectivity index (χ0n) is 12.0. The van der Waals surface area contributed by atoms with Crippen molar-refractivity contribution >= 4 is 33.1 Å². The summed E-state index contributed by atoms with van der Waals surface area (Å²) in [5.74, 6) is 0. The second-order valence-corrected chi connectivity index (χ2v) is 5.82. The summed E-state index contributed by atoms with van der Waals surface area (Å²) in [7, 11) is 1.95. The number of rotatable bonds is 4. The molecule has 0 saturated heterocycles. The molecular formula is C16H16BrN3O. The summed E-state index contributed by atoms with van der Waals surface area (Å²) in [4.78, 5) is 11.3. The number of benzene rings is 1. The number of aromatic nitrogens is 3. The Bertz CT molecular complexity index is 816. The van der Waals surface area contributed by atoms with Gasteiger partial charge in [-0.25, -0.2) is 0 Å². The van der Waals surface area contributed by atoms with Crippen LogP contribution in [0.5, 0.6) is 0 Å². The topological polar surface area (TPSA) is 39.8 Å². The van der Waals surface area contributed by atoms with Gasteiger partial charge in [0.2, 0.25) is 0 Å². The van der Waals surface area contributed by atoms with Crippen molar-refractivity contribution in [2.75, 3.05) is 0 Å². The van der Waals surface area contributed by atoms with Crippen LogP contribution in [0, 0.1) is 0 Å². The van der Waals surface area contributed by atoms with Crippen molar-refractivity contribution in [3.05, 3.63) is 51.9 Å². The molecule has 5 heteroatoms. The fourth-order valence-electron chi connectivity index (χ4n) is 2.67. The molecular weight excluding hydrogens is 330 g/mol. The van der Waals surface area contributed by atoms with Crippen molar-refractivity contribution in [2.45, 2.75) is 19.9 Å². The molecule has 0 bridgehead atoms. The average molecular weight is 346 g/mol. The summed E-state index contributed by atoms with van der Waals surface area (Å²) in [6.45, 7) is 2.77. The van der Waals surface area contributed by atoms with Gasteiger partial charge >= 0.3 is 0 Å². The highest BCUT2D eigenvalue weighted by Gasteiger charge is 2.14. The molecule has 0 aliphatic carbocycles. The molecule has 4 nitrogen and oxygen atoms in total. The Labute approximate surface area is 131 Å². The van der Waals surface area contributed by atoms with Gasteiger partial charge in [-0.05, 0) is 34.5 Å². The lowest BCUT2D eigenvalue weighted by molar-refractivity contribution is 0.112. The van der Waals surface area contributed by atoms with Crippen LogP contribution in [0.25, 0.3) is 10.9 Å². The largest absolute Gasteiger partial charge is 0.341 e. The zero-order valence-corrected chi connectivity index (χ0v) is 13.6. The minimum absolute atomic E-state index is 0.679. The maximum Gasteiger partial charge on any atom is 0.152 e. The van der Waals surface area contributed by atoms with Gasteiger partial charge in [-0.3, -0.25) is 9.48 Å². The molecule has 1 aromatic carbocycles. The molecule has 0 spiro atoms.